The fourth-order valence-electron chi connectivity index (χ4n) is 2.69. The van der Waals surface area contributed by atoms with E-state index < -0.39 is 29.7 Å². The van der Waals surface area contributed by atoms with E-state index in [0.717, 1.165) is 11.0 Å². The molecule has 1 unspecified atom stereocenters. The third kappa shape index (κ3) is 3.32. The van der Waals surface area contributed by atoms with Gasteiger partial charge in [0.2, 0.25) is 5.88 Å². The van der Waals surface area contributed by atoms with Gasteiger partial charge in [0.1, 0.15) is 6.04 Å². The van der Waals surface area contributed by atoms with Crippen LogP contribution in [0.15, 0.2) is 42.6 Å². The Morgan fingerprint density at radius 1 is 1.19 bits per heavy atom. The SMILES string of the molecule is COc1ccc(CN2C(=O)NC(c3ccccc3C(F)(F)F)C2=O)cn1. The topological polar surface area (TPSA) is 71.5 Å². The Balaban J connectivity index is 1.85. The first kappa shape index (κ1) is 17.7. The van der Waals surface area contributed by atoms with Crippen molar-refractivity contribution in [2.24, 2.45) is 0 Å². The smallest absolute Gasteiger partial charge is 0.416 e. The van der Waals surface area contributed by atoms with Crippen molar-refractivity contribution in [2.75, 3.05) is 7.11 Å². The Kier molecular flexibility index (Phi) is 4.54. The molecule has 1 atom stereocenters. The highest BCUT2D eigenvalue weighted by atomic mass is 19.4. The van der Waals surface area contributed by atoms with E-state index in [0.29, 0.717) is 11.4 Å². The average Bonchev–Trinajstić information content (AvgIpc) is 2.90. The minimum absolute atomic E-state index is 0.105. The lowest BCUT2D eigenvalue weighted by Crippen LogP contribution is -2.30. The monoisotopic (exact) mass is 365 g/mol. The van der Waals surface area contributed by atoms with Gasteiger partial charge in [0.05, 0.1) is 19.2 Å². The molecular formula is C17H14F3N3O3. The van der Waals surface area contributed by atoms with Gasteiger partial charge < -0.3 is 10.1 Å². The molecule has 1 aromatic heterocycles. The van der Waals surface area contributed by atoms with Crippen LogP contribution in [0, 0.1) is 0 Å². The van der Waals surface area contributed by atoms with Gasteiger partial charge in [-0.25, -0.2) is 9.78 Å². The third-order valence-electron chi connectivity index (χ3n) is 3.95. The minimum atomic E-state index is -4.63. The molecule has 0 saturated carbocycles. The fraction of sp³-hybridized carbons (Fsp3) is 0.235. The second kappa shape index (κ2) is 6.66. The second-order valence-corrected chi connectivity index (χ2v) is 5.60. The van der Waals surface area contributed by atoms with Crippen molar-refractivity contribution in [3.63, 3.8) is 0 Å². The molecule has 2 heterocycles. The van der Waals surface area contributed by atoms with Gasteiger partial charge in [-0.05, 0) is 17.2 Å². The number of aromatic nitrogens is 1. The summed E-state index contributed by atoms with van der Waals surface area (Å²) in [4.78, 5) is 29.5. The number of nitrogens with zero attached hydrogens (tertiary/aromatic N) is 2. The van der Waals surface area contributed by atoms with Gasteiger partial charge in [-0.1, -0.05) is 24.3 Å². The number of alkyl halides is 3. The van der Waals surface area contributed by atoms with E-state index in [1.807, 2.05) is 0 Å². The molecule has 1 aromatic carbocycles. The van der Waals surface area contributed by atoms with Crippen LogP contribution in [0.3, 0.4) is 0 Å². The van der Waals surface area contributed by atoms with Crippen LogP contribution in [0.25, 0.3) is 0 Å². The van der Waals surface area contributed by atoms with Crippen LogP contribution >= 0.6 is 0 Å². The predicted molar refractivity (Wildman–Crippen MR) is 84.1 cm³/mol. The second-order valence-electron chi connectivity index (χ2n) is 5.60. The molecule has 0 spiro atoms. The number of methoxy groups -OCH3 is 1. The number of amides is 3. The lowest BCUT2D eigenvalue weighted by molar-refractivity contribution is -0.138. The molecular weight excluding hydrogens is 351 g/mol. The number of hydrogen-bond donors (Lipinski definition) is 1. The van der Waals surface area contributed by atoms with Crippen LogP contribution in [-0.2, 0) is 17.5 Å². The van der Waals surface area contributed by atoms with Gasteiger partial charge in [0.15, 0.2) is 0 Å². The molecule has 1 fully saturated rings. The molecule has 1 aliphatic heterocycles. The summed E-state index contributed by atoms with van der Waals surface area (Å²) in [5.74, 6) is -0.384. The van der Waals surface area contributed by atoms with Crippen LogP contribution in [0.5, 0.6) is 5.88 Å². The first-order valence-corrected chi connectivity index (χ1v) is 7.58. The largest absolute Gasteiger partial charge is 0.481 e. The number of hydrogen-bond acceptors (Lipinski definition) is 4. The van der Waals surface area contributed by atoms with Crippen LogP contribution < -0.4 is 10.1 Å². The first-order valence-electron chi connectivity index (χ1n) is 7.58. The maximum Gasteiger partial charge on any atom is 0.416 e. The van der Waals surface area contributed by atoms with Gasteiger partial charge in [0.25, 0.3) is 5.91 Å². The van der Waals surface area contributed by atoms with Crippen molar-refractivity contribution in [3.05, 3.63) is 59.3 Å². The van der Waals surface area contributed by atoms with Crippen LogP contribution in [0.1, 0.15) is 22.7 Å². The van der Waals surface area contributed by atoms with Crippen LogP contribution in [0.2, 0.25) is 0 Å². The number of rotatable bonds is 4. The molecule has 26 heavy (non-hydrogen) atoms. The number of carbonyl (C=O) groups is 2. The molecule has 9 heteroatoms. The predicted octanol–water partition coefficient (Wildman–Crippen LogP) is 2.90. The van der Waals surface area contributed by atoms with Gasteiger partial charge in [-0.3, -0.25) is 9.69 Å². The maximum absolute atomic E-state index is 13.2. The van der Waals surface area contributed by atoms with Crippen molar-refractivity contribution >= 4 is 11.9 Å². The van der Waals surface area contributed by atoms with Crippen LogP contribution in [0.4, 0.5) is 18.0 Å². The number of halogens is 3. The molecule has 1 saturated heterocycles. The highest BCUT2D eigenvalue weighted by Crippen LogP contribution is 2.36. The number of imide groups is 1. The lowest BCUT2D eigenvalue weighted by Gasteiger charge is -2.16. The summed E-state index contributed by atoms with van der Waals surface area (Å²) in [6, 6.07) is 5.72. The molecule has 1 aliphatic rings. The van der Waals surface area contributed by atoms with E-state index >= 15 is 0 Å². The molecule has 3 amide bonds. The highest BCUT2D eigenvalue weighted by molar-refractivity contribution is 6.04. The van der Waals surface area contributed by atoms with Crippen molar-refractivity contribution in [2.45, 2.75) is 18.8 Å². The van der Waals surface area contributed by atoms with Gasteiger partial charge >= 0.3 is 12.2 Å². The Labute approximate surface area is 146 Å². The minimum Gasteiger partial charge on any atom is -0.481 e. The van der Waals surface area contributed by atoms with E-state index in [2.05, 4.69) is 10.3 Å². The first-order chi connectivity index (χ1) is 12.3. The Bertz CT molecular complexity index is 837. The summed E-state index contributed by atoms with van der Waals surface area (Å²) in [7, 11) is 1.45. The maximum atomic E-state index is 13.2. The number of pyridine rings is 1. The molecule has 1 N–H and O–H groups in total. The van der Waals surface area contributed by atoms with Gasteiger partial charge in [-0.2, -0.15) is 13.2 Å². The molecule has 0 aliphatic carbocycles. The van der Waals surface area contributed by atoms with Crippen molar-refractivity contribution in [3.8, 4) is 5.88 Å². The van der Waals surface area contributed by atoms with Crippen molar-refractivity contribution in [1.82, 2.24) is 15.2 Å². The zero-order valence-electron chi connectivity index (χ0n) is 13.6. The summed E-state index contributed by atoms with van der Waals surface area (Å²) in [5, 5.41) is 2.32. The molecule has 6 nitrogen and oxygen atoms in total. The highest BCUT2D eigenvalue weighted by Gasteiger charge is 2.43. The van der Waals surface area contributed by atoms with Crippen LogP contribution in [-0.4, -0.2) is 28.9 Å². The molecule has 0 bridgehead atoms. The number of ether oxygens (including phenoxy) is 1. The number of carbonyl (C=O) groups excluding carboxylic acids is 2. The molecule has 2 aromatic rings. The number of urea groups is 1. The van der Waals surface area contributed by atoms with E-state index in [1.165, 1.54) is 31.5 Å². The van der Waals surface area contributed by atoms with E-state index in [1.54, 1.807) is 12.1 Å². The van der Waals surface area contributed by atoms with E-state index in [9.17, 15) is 22.8 Å². The molecule has 0 radical (unpaired) electrons. The number of nitrogens with one attached hydrogen (secondary N) is 1. The summed E-state index contributed by atoms with van der Waals surface area (Å²) in [5.41, 5.74) is -0.695. The summed E-state index contributed by atoms with van der Waals surface area (Å²) in [6.07, 6.45) is -3.20. The molecule has 136 valence electrons. The van der Waals surface area contributed by atoms with Crippen molar-refractivity contribution in [1.29, 1.82) is 0 Å². The third-order valence-corrected chi connectivity index (χ3v) is 3.95. The Morgan fingerprint density at radius 2 is 1.92 bits per heavy atom. The fourth-order valence-corrected chi connectivity index (χ4v) is 2.69. The average molecular weight is 365 g/mol. The Morgan fingerprint density at radius 3 is 2.54 bits per heavy atom. The lowest BCUT2D eigenvalue weighted by atomic mass is 10.00. The van der Waals surface area contributed by atoms with E-state index in [-0.39, 0.29) is 12.1 Å². The molecule has 3 rings (SSSR count). The van der Waals surface area contributed by atoms with Crippen molar-refractivity contribution < 1.29 is 27.5 Å². The zero-order valence-corrected chi connectivity index (χ0v) is 13.6. The van der Waals surface area contributed by atoms with Gasteiger partial charge in [0, 0.05) is 12.3 Å². The summed E-state index contributed by atoms with van der Waals surface area (Å²) < 4.78 is 44.5. The zero-order chi connectivity index (χ0) is 18.9. The summed E-state index contributed by atoms with van der Waals surface area (Å²) >= 11 is 0. The Hall–Kier alpha value is -3.10. The normalized spacial score (nSPS) is 17.4. The quantitative estimate of drug-likeness (QED) is 0.846. The number of benzene rings is 1. The summed E-state index contributed by atoms with van der Waals surface area (Å²) in [6.45, 7) is -0.105. The van der Waals surface area contributed by atoms with E-state index in [4.69, 9.17) is 4.74 Å². The standard InChI is InChI=1S/C17H14F3N3O3/c1-26-13-7-6-10(8-21-13)9-23-15(24)14(22-16(23)25)11-4-2-3-5-12(11)17(18,19)20/h2-8,14H,9H2,1H3,(H,22,25). The van der Waals surface area contributed by atoms with Gasteiger partial charge in [-0.15, -0.1) is 0 Å².